The Kier molecular flexibility index (Phi) is 4.09. The van der Waals surface area contributed by atoms with E-state index >= 15 is 0 Å². The second kappa shape index (κ2) is 4.62. The van der Waals surface area contributed by atoms with Crippen LogP contribution in [0, 0.1) is 3.57 Å². The lowest BCUT2D eigenvalue weighted by Gasteiger charge is -2.01. The number of hydrogen-bond donors (Lipinski definition) is 0. The van der Waals surface area contributed by atoms with E-state index in [9.17, 15) is 0 Å². The Morgan fingerprint density at radius 3 is 1.82 bits per heavy atom. The van der Waals surface area contributed by atoms with Crippen molar-refractivity contribution in [2.45, 2.75) is 9.79 Å². The molecule has 0 aromatic heterocycles. The van der Waals surface area contributed by atoms with Crippen LogP contribution in [0.25, 0.3) is 0 Å². The molecular formula is C8H9IS2. The van der Waals surface area contributed by atoms with Gasteiger partial charge in [0.1, 0.15) is 0 Å². The van der Waals surface area contributed by atoms with Crippen LogP contribution in [0.4, 0.5) is 0 Å². The predicted molar refractivity (Wildman–Crippen MR) is 62.7 cm³/mol. The Bertz CT molecular complexity index is 226. The van der Waals surface area contributed by atoms with Gasteiger partial charge in [-0.15, -0.1) is 23.5 Å². The molecule has 0 fully saturated rings. The number of thioether (sulfide) groups is 2. The third-order valence-corrected chi connectivity index (χ3v) is 3.35. The van der Waals surface area contributed by atoms with Crippen LogP contribution >= 0.6 is 46.1 Å². The highest BCUT2D eigenvalue weighted by molar-refractivity contribution is 14.1. The first-order valence-electron chi connectivity index (χ1n) is 3.15. The molecule has 0 amide bonds. The summed E-state index contributed by atoms with van der Waals surface area (Å²) >= 11 is 5.94. The molecule has 0 aliphatic carbocycles. The lowest BCUT2D eigenvalue weighted by atomic mass is 10.4. The molecule has 0 heterocycles. The number of benzene rings is 1. The Morgan fingerprint density at radius 2 is 1.45 bits per heavy atom. The molecular weight excluding hydrogens is 287 g/mol. The topological polar surface area (TPSA) is 0 Å². The maximum absolute atomic E-state index is 2.35. The van der Waals surface area contributed by atoms with Gasteiger partial charge in [-0.3, -0.25) is 0 Å². The van der Waals surface area contributed by atoms with Crippen molar-refractivity contribution in [3.63, 3.8) is 0 Å². The first-order valence-corrected chi connectivity index (χ1v) is 6.67. The first-order chi connectivity index (χ1) is 5.26. The Labute approximate surface area is 89.7 Å². The van der Waals surface area contributed by atoms with E-state index in [0.717, 1.165) is 0 Å². The van der Waals surface area contributed by atoms with Crippen LogP contribution in [-0.4, -0.2) is 12.5 Å². The van der Waals surface area contributed by atoms with Crippen molar-refractivity contribution in [2.75, 3.05) is 12.5 Å². The molecule has 1 aromatic carbocycles. The van der Waals surface area contributed by atoms with E-state index < -0.39 is 0 Å². The zero-order valence-electron chi connectivity index (χ0n) is 6.43. The van der Waals surface area contributed by atoms with Crippen LogP contribution in [0.15, 0.2) is 28.0 Å². The van der Waals surface area contributed by atoms with Crippen molar-refractivity contribution in [1.82, 2.24) is 0 Å². The van der Waals surface area contributed by atoms with Gasteiger partial charge in [-0.05, 0) is 53.3 Å². The van der Waals surface area contributed by atoms with Crippen molar-refractivity contribution in [3.8, 4) is 0 Å². The monoisotopic (exact) mass is 296 g/mol. The zero-order valence-corrected chi connectivity index (χ0v) is 10.2. The molecule has 0 saturated heterocycles. The largest absolute Gasteiger partial charge is 0.130 e. The minimum atomic E-state index is 1.32. The van der Waals surface area contributed by atoms with Gasteiger partial charge in [0, 0.05) is 13.4 Å². The van der Waals surface area contributed by atoms with E-state index in [0.29, 0.717) is 0 Å². The molecule has 0 bridgehead atoms. The zero-order chi connectivity index (χ0) is 8.27. The lowest BCUT2D eigenvalue weighted by molar-refractivity contribution is 1.31. The summed E-state index contributed by atoms with van der Waals surface area (Å²) in [5, 5.41) is 0. The maximum atomic E-state index is 2.35. The van der Waals surface area contributed by atoms with Gasteiger partial charge in [0.2, 0.25) is 0 Å². The molecule has 0 aliphatic rings. The van der Waals surface area contributed by atoms with Gasteiger partial charge in [-0.1, -0.05) is 0 Å². The van der Waals surface area contributed by atoms with Crippen LogP contribution in [0.5, 0.6) is 0 Å². The molecule has 0 aliphatic heterocycles. The van der Waals surface area contributed by atoms with Gasteiger partial charge in [0.05, 0.1) is 0 Å². The van der Waals surface area contributed by atoms with Gasteiger partial charge < -0.3 is 0 Å². The van der Waals surface area contributed by atoms with Gasteiger partial charge in [-0.25, -0.2) is 0 Å². The van der Waals surface area contributed by atoms with Crippen molar-refractivity contribution < 1.29 is 0 Å². The molecule has 1 rings (SSSR count). The highest BCUT2D eigenvalue weighted by atomic mass is 127. The number of rotatable bonds is 2. The molecule has 0 atom stereocenters. The summed E-state index contributed by atoms with van der Waals surface area (Å²) < 4.78 is 1.32. The summed E-state index contributed by atoms with van der Waals surface area (Å²) in [7, 11) is 0. The lowest BCUT2D eigenvalue weighted by Crippen LogP contribution is -1.76. The molecule has 0 nitrogen and oxygen atoms in total. The molecule has 1 aromatic rings. The molecule has 0 unspecified atom stereocenters. The number of hydrogen-bond acceptors (Lipinski definition) is 2. The van der Waals surface area contributed by atoms with Crippen molar-refractivity contribution >= 4 is 46.1 Å². The van der Waals surface area contributed by atoms with E-state index in [1.54, 1.807) is 23.5 Å². The van der Waals surface area contributed by atoms with E-state index in [1.165, 1.54) is 13.4 Å². The standard InChI is InChI=1S/C8H9IS2/c1-10-7-3-6(9)4-8(5-7)11-2/h3-5H,1-2H3. The summed E-state index contributed by atoms with van der Waals surface area (Å²) in [6.45, 7) is 0. The van der Waals surface area contributed by atoms with Crippen molar-refractivity contribution in [1.29, 1.82) is 0 Å². The van der Waals surface area contributed by atoms with Crippen LogP contribution < -0.4 is 0 Å². The van der Waals surface area contributed by atoms with Gasteiger partial charge >= 0.3 is 0 Å². The predicted octanol–water partition coefficient (Wildman–Crippen LogP) is 3.74. The van der Waals surface area contributed by atoms with Gasteiger partial charge in [0.25, 0.3) is 0 Å². The minimum Gasteiger partial charge on any atom is -0.130 e. The highest BCUT2D eigenvalue weighted by Crippen LogP contribution is 2.24. The second-order valence-corrected chi connectivity index (χ2v) is 5.04. The molecule has 0 saturated carbocycles. The molecule has 60 valence electrons. The first kappa shape index (κ1) is 9.74. The summed E-state index contributed by atoms with van der Waals surface area (Å²) in [5.74, 6) is 0. The quantitative estimate of drug-likeness (QED) is 0.602. The summed E-state index contributed by atoms with van der Waals surface area (Å²) in [6, 6.07) is 6.62. The fourth-order valence-electron chi connectivity index (χ4n) is 0.773. The van der Waals surface area contributed by atoms with Crippen molar-refractivity contribution in [3.05, 3.63) is 21.8 Å². The van der Waals surface area contributed by atoms with Crippen LogP contribution in [0.3, 0.4) is 0 Å². The van der Waals surface area contributed by atoms with Gasteiger partial charge in [0.15, 0.2) is 0 Å². The highest BCUT2D eigenvalue weighted by Gasteiger charge is 1.96. The molecule has 3 heteroatoms. The normalized spacial score (nSPS) is 10.1. The Balaban J connectivity index is 3.02. The molecule has 0 N–H and O–H groups in total. The smallest absolute Gasteiger partial charge is 0.0152 e. The Morgan fingerprint density at radius 1 is 1.00 bits per heavy atom. The van der Waals surface area contributed by atoms with Crippen LogP contribution in [-0.2, 0) is 0 Å². The third-order valence-electron chi connectivity index (χ3n) is 1.32. The average molecular weight is 296 g/mol. The molecule has 0 radical (unpaired) electrons. The molecule has 0 spiro atoms. The van der Waals surface area contributed by atoms with E-state index in [4.69, 9.17) is 0 Å². The summed E-state index contributed by atoms with van der Waals surface area (Å²) in [6.07, 6.45) is 4.21. The van der Waals surface area contributed by atoms with Gasteiger partial charge in [-0.2, -0.15) is 0 Å². The number of halogens is 1. The van der Waals surface area contributed by atoms with E-state index in [-0.39, 0.29) is 0 Å². The maximum Gasteiger partial charge on any atom is 0.0152 e. The third kappa shape index (κ3) is 2.87. The fourth-order valence-corrected chi connectivity index (χ4v) is 2.92. The summed E-state index contributed by atoms with van der Waals surface area (Å²) in [5.41, 5.74) is 0. The summed E-state index contributed by atoms with van der Waals surface area (Å²) in [4.78, 5) is 2.70. The average Bonchev–Trinajstić information content (AvgIpc) is 2.03. The SMILES string of the molecule is CSc1cc(I)cc(SC)c1. The Hall–Kier alpha value is 0.650. The van der Waals surface area contributed by atoms with Crippen molar-refractivity contribution in [2.24, 2.45) is 0 Å². The van der Waals surface area contributed by atoms with E-state index in [2.05, 4.69) is 53.3 Å². The van der Waals surface area contributed by atoms with Crippen LogP contribution in [0.1, 0.15) is 0 Å². The van der Waals surface area contributed by atoms with E-state index in [1.807, 2.05) is 0 Å². The molecule has 11 heavy (non-hydrogen) atoms. The minimum absolute atomic E-state index is 1.32. The van der Waals surface area contributed by atoms with Crippen LogP contribution in [0.2, 0.25) is 0 Å². The second-order valence-electron chi connectivity index (χ2n) is 2.03. The fraction of sp³-hybridized carbons (Fsp3) is 0.250.